The quantitative estimate of drug-likeness (QED) is 0.638. The first-order valence-electron chi connectivity index (χ1n) is 4.19. The molecule has 2 aromatic rings. The van der Waals surface area contributed by atoms with Crippen molar-refractivity contribution < 1.29 is 4.79 Å². The van der Waals surface area contributed by atoms with Crippen molar-refractivity contribution in [3.05, 3.63) is 41.5 Å². The molecule has 2 nitrogen and oxygen atoms in total. The smallest absolute Gasteiger partial charge is 0.189 e. The first-order chi connectivity index (χ1) is 6.86. The molecule has 0 fully saturated rings. The fourth-order valence-electron chi connectivity index (χ4n) is 1.06. The molecule has 0 spiro atoms. The number of Topliss-reactive ketones (excluding diaryl/α,β-unsaturated/α-hetero) is 1. The highest BCUT2D eigenvalue weighted by atomic mass is 32.2. The minimum Gasteiger partial charge on any atom is -0.359 e. The van der Waals surface area contributed by atoms with Crippen LogP contribution in [0.1, 0.15) is 10.5 Å². The van der Waals surface area contributed by atoms with E-state index in [0.717, 1.165) is 0 Å². The number of aromatic amines is 1. The Bertz CT molecular complexity index is 392. The van der Waals surface area contributed by atoms with Crippen molar-refractivity contribution in [1.82, 2.24) is 4.98 Å². The molecule has 14 heavy (non-hydrogen) atoms. The molecule has 0 aliphatic heterocycles. The summed E-state index contributed by atoms with van der Waals surface area (Å²) in [5.41, 5.74) is 0.689. The highest BCUT2D eigenvalue weighted by Crippen LogP contribution is 2.23. The van der Waals surface area contributed by atoms with Crippen LogP contribution in [-0.2, 0) is 0 Å². The summed E-state index contributed by atoms with van der Waals surface area (Å²) in [6.45, 7) is 0. The van der Waals surface area contributed by atoms with Gasteiger partial charge < -0.3 is 4.98 Å². The van der Waals surface area contributed by atoms with E-state index >= 15 is 0 Å². The molecule has 1 N–H and O–H groups in total. The minimum absolute atomic E-state index is 0.147. The second kappa shape index (κ2) is 4.48. The number of aromatic nitrogens is 1. The molecule has 0 radical (unpaired) electrons. The largest absolute Gasteiger partial charge is 0.359 e. The third-order valence-corrected chi connectivity index (χ3v) is 3.87. The van der Waals surface area contributed by atoms with Crippen molar-refractivity contribution in [2.45, 2.75) is 4.21 Å². The molecule has 2 heterocycles. The third kappa shape index (κ3) is 2.27. The predicted molar refractivity (Wildman–Crippen MR) is 60.2 cm³/mol. The molecule has 0 saturated heterocycles. The number of hydrogen-bond donors (Lipinski definition) is 1. The SMILES string of the molecule is O=C(CSc1cccs1)c1ccc[nH]1. The zero-order chi connectivity index (χ0) is 9.80. The summed E-state index contributed by atoms with van der Waals surface area (Å²) >= 11 is 3.25. The molecule has 2 rings (SSSR count). The van der Waals surface area contributed by atoms with Crippen LogP contribution in [0.5, 0.6) is 0 Å². The summed E-state index contributed by atoms with van der Waals surface area (Å²) in [4.78, 5) is 14.5. The summed E-state index contributed by atoms with van der Waals surface area (Å²) in [5, 5.41) is 2.02. The van der Waals surface area contributed by atoms with E-state index in [1.165, 1.54) is 4.21 Å². The van der Waals surface area contributed by atoms with Gasteiger partial charge in [0.1, 0.15) is 0 Å². The Labute approximate surface area is 90.4 Å². The van der Waals surface area contributed by atoms with E-state index in [-0.39, 0.29) is 5.78 Å². The molecule has 0 bridgehead atoms. The van der Waals surface area contributed by atoms with Crippen molar-refractivity contribution in [2.24, 2.45) is 0 Å². The average Bonchev–Trinajstić information content (AvgIpc) is 2.87. The number of hydrogen-bond acceptors (Lipinski definition) is 3. The Balaban J connectivity index is 1.90. The topological polar surface area (TPSA) is 32.9 Å². The first-order valence-corrected chi connectivity index (χ1v) is 6.05. The molecule has 4 heteroatoms. The number of nitrogens with one attached hydrogen (secondary N) is 1. The Morgan fingerprint density at radius 2 is 2.36 bits per heavy atom. The highest BCUT2D eigenvalue weighted by molar-refractivity contribution is 8.01. The van der Waals surface area contributed by atoms with Gasteiger partial charge in [0.15, 0.2) is 5.78 Å². The maximum atomic E-state index is 11.6. The van der Waals surface area contributed by atoms with Crippen molar-refractivity contribution in [1.29, 1.82) is 0 Å². The first kappa shape index (κ1) is 9.55. The summed E-state index contributed by atoms with van der Waals surface area (Å²) in [7, 11) is 0. The molecule has 0 aliphatic carbocycles. The van der Waals surface area contributed by atoms with Gasteiger partial charge in [-0.05, 0) is 23.6 Å². The second-order valence-corrected chi connectivity index (χ2v) is 4.95. The number of carbonyl (C=O) groups excluding carboxylic acids is 1. The number of ketones is 1. The normalized spacial score (nSPS) is 10.3. The van der Waals surface area contributed by atoms with E-state index in [1.54, 1.807) is 35.4 Å². The van der Waals surface area contributed by atoms with Crippen LogP contribution >= 0.6 is 23.1 Å². The Morgan fingerprint density at radius 1 is 1.43 bits per heavy atom. The Morgan fingerprint density at radius 3 is 3.00 bits per heavy atom. The molecule has 0 amide bonds. The van der Waals surface area contributed by atoms with Gasteiger partial charge in [-0.3, -0.25) is 4.79 Å². The van der Waals surface area contributed by atoms with E-state index in [0.29, 0.717) is 11.4 Å². The molecule has 0 aromatic carbocycles. The van der Waals surface area contributed by atoms with E-state index < -0.39 is 0 Å². The van der Waals surface area contributed by atoms with E-state index in [9.17, 15) is 4.79 Å². The lowest BCUT2D eigenvalue weighted by Gasteiger charge is -1.95. The summed E-state index contributed by atoms with van der Waals surface area (Å²) in [6.07, 6.45) is 1.77. The lowest BCUT2D eigenvalue weighted by atomic mass is 10.3. The van der Waals surface area contributed by atoms with Gasteiger partial charge in [-0.1, -0.05) is 6.07 Å². The van der Waals surface area contributed by atoms with Gasteiger partial charge in [0.25, 0.3) is 0 Å². The van der Waals surface area contributed by atoms with Gasteiger partial charge in [0.2, 0.25) is 0 Å². The van der Waals surface area contributed by atoms with Crippen molar-refractivity contribution in [3.63, 3.8) is 0 Å². The van der Waals surface area contributed by atoms with Gasteiger partial charge in [-0.2, -0.15) is 0 Å². The fraction of sp³-hybridized carbons (Fsp3) is 0.100. The maximum Gasteiger partial charge on any atom is 0.189 e. The van der Waals surface area contributed by atoms with Crippen molar-refractivity contribution >= 4 is 28.9 Å². The maximum absolute atomic E-state index is 11.6. The van der Waals surface area contributed by atoms with Gasteiger partial charge in [0, 0.05) is 6.20 Å². The number of H-pyrrole nitrogens is 1. The van der Waals surface area contributed by atoms with Crippen LogP contribution in [0.2, 0.25) is 0 Å². The van der Waals surface area contributed by atoms with Crippen LogP contribution < -0.4 is 0 Å². The number of carbonyl (C=O) groups is 1. The van der Waals surface area contributed by atoms with Gasteiger partial charge >= 0.3 is 0 Å². The van der Waals surface area contributed by atoms with Crippen LogP contribution in [0, 0.1) is 0 Å². The minimum atomic E-state index is 0.147. The molecular weight excluding hydrogens is 214 g/mol. The summed E-state index contributed by atoms with van der Waals surface area (Å²) in [5.74, 6) is 0.648. The van der Waals surface area contributed by atoms with E-state index in [1.807, 2.05) is 23.6 Å². The van der Waals surface area contributed by atoms with Gasteiger partial charge in [-0.25, -0.2) is 0 Å². The zero-order valence-corrected chi connectivity index (χ0v) is 9.03. The molecule has 0 aliphatic rings. The average molecular weight is 223 g/mol. The molecule has 2 aromatic heterocycles. The fourth-order valence-corrected chi connectivity index (χ4v) is 2.73. The Kier molecular flexibility index (Phi) is 3.06. The number of thioether (sulfide) groups is 1. The van der Waals surface area contributed by atoms with Crippen molar-refractivity contribution in [2.75, 3.05) is 5.75 Å². The number of rotatable bonds is 4. The number of thiophene rings is 1. The summed E-state index contributed by atoms with van der Waals surface area (Å²) < 4.78 is 1.19. The van der Waals surface area contributed by atoms with Gasteiger partial charge in [0.05, 0.1) is 15.7 Å². The Hall–Kier alpha value is -1.00. The molecule has 0 unspecified atom stereocenters. The van der Waals surface area contributed by atoms with Crippen molar-refractivity contribution in [3.8, 4) is 0 Å². The van der Waals surface area contributed by atoms with Crippen LogP contribution in [0.25, 0.3) is 0 Å². The lowest BCUT2D eigenvalue weighted by Crippen LogP contribution is -2.01. The molecule has 72 valence electrons. The molecular formula is C10H9NOS2. The van der Waals surface area contributed by atoms with E-state index in [4.69, 9.17) is 0 Å². The molecule has 0 saturated carbocycles. The third-order valence-electron chi connectivity index (χ3n) is 1.74. The predicted octanol–water partition coefficient (Wildman–Crippen LogP) is 3.05. The zero-order valence-electron chi connectivity index (χ0n) is 7.40. The monoisotopic (exact) mass is 223 g/mol. The van der Waals surface area contributed by atoms with Crippen LogP contribution in [0.15, 0.2) is 40.1 Å². The van der Waals surface area contributed by atoms with E-state index in [2.05, 4.69) is 4.98 Å². The molecule has 0 atom stereocenters. The van der Waals surface area contributed by atoms with Gasteiger partial charge in [-0.15, -0.1) is 23.1 Å². The second-order valence-electron chi connectivity index (χ2n) is 2.73. The van der Waals surface area contributed by atoms with Crippen LogP contribution in [-0.4, -0.2) is 16.5 Å². The standard InChI is InChI=1S/C10H9NOS2/c12-9(8-3-1-5-11-8)7-14-10-4-2-6-13-10/h1-6,11H,7H2. The van der Waals surface area contributed by atoms with Crippen LogP contribution in [0.4, 0.5) is 0 Å². The summed E-state index contributed by atoms with van der Waals surface area (Å²) in [6, 6.07) is 7.66. The lowest BCUT2D eigenvalue weighted by molar-refractivity contribution is 0.101. The van der Waals surface area contributed by atoms with Crippen LogP contribution in [0.3, 0.4) is 0 Å². The highest BCUT2D eigenvalue weighted by Gasteiger charge is 2.06.